The van der Waals surface area contributed by atoms with Crippen LogP contribution in [0.15, 0.2) is 18.2 Å². The van der Waals surface area contributed by atoms with Crippen molar-refractivity contribution in [2.24, 2.45) is 0 Å². The zero-order valence-electron chi connectivity index (χ0n) is 10.3. The Morgan fingerprint density at radius 3 is 2.94 bits per heavy atom. The summed E-state index contributed by atoms with van der Waals surface area (Å²) in [6, 6.07) is 5.41. The molecule has 0 radical (unpaired) electrons. The molecule has 1 aromatic rings. The third kappa shape index (κ3) is 2.56. The van der Waals surface area contributed by atoms with Gasteiger partial charge in [0.2, 0.25) is 5.91 Å². The molecule has 4 heteroatoms. The van der Waals surface area contributed by atoms with Crippen LogP contribution in [-0.2, 0) is 4.79 Å². The molecule has 0 bridgehead atoms. The zero-order chi connectivity index (χ0) is 13.1. The predicted molar refractivity (Wildman–Crippen MR) is 72.4 cm³/mol. The highest BCUT2D eigenvalue weighted by Crippen LogP contribution is 2.34. The monoisotopic (exact) mass is 265 g/mol. The number of carbonyl (C=O) groups is 2. The van der Waals surface area contributed by atoms with Crippen molar-refractivity contribution in [1.82, 2.24) is 0 Å². The summed E-state index contributed by atoms with van der Waals surface area (Å²) < 4.78 is 0. The molecule has 1 heterocycles. The topological polar surface area (TPSA) is 46.2 Å². The molecule has 18 heavy (non-hydrogen) atoms. The van der Waals surface area contributed by atoms with Crippen molar-refractivity contribution < 1.29 is 9.59 Å². The van der Waals surface area contributed by atoms with Crippen LogP contribution in [0.25, 0.3) is 0 Å². The van der Waals surface area contributed by atoms with Crippen LogP contribution in [0.3, 0.4) is 0 Å². The number of carbonyl (C=O) groups excluding carboxylic acids is 2. The molecule has 0 fully saturated rings. The van der Waals surface area contributed by atoms with Crippen molar-refractivity contribution in [3.8, 4) is 0 Å². The van der Waals surface area contributed by atoms with E-state index in [1.54, 1.807) is 12.1 Å². The Morgan fingerprint density at radius 1 is 1.50 bits per heavy atom. The second-order valence-electron chi connectivity index (χ2n) is 4.55. The number of halogens is 1. The van der Waals surface area contributed by atoms with Crippen LogP contribution in [0.1, 0.15) is 48.0 Å². The normalized spacial score (nSPS) is 18.8. The number of fused-ring (bicyclic) bond motifs is 1. The molecule has 1 aliphatic heterocycles. The Kier molecular flexibility index (Phi) is 4.02. The lowest BCUT2D eigenvalue weighted by Gasteiger charge is -2.15. The fraction of sp³-hybridized carbons (Fsp3) is 0.429. The van der Waals surface area contributed by atoms with E-state index in [2.05, 4.69) is 12.2 Å². The third-order valence-corrected chi connectivity index (χ3v) is 3.66. The summed E-state index contributed by atoms with van der Waals surface area (Å²) in [7, 11) is 0. The predicted octanol–water partition coefficient (Wildman–Crippen LogP) is 3.33. The van der Waals surface area contributed by atoms with Crippen LogP contribution in [-0.4, -0.2) is 17.6 Å². The van der Waals surface area contributed by atoms with Gasteiger partial charge in [-0.25, -0.2) is 0 Å². The molecule has 1 aromatic carbocycles. The first-order valence-corrected chi connectivity index (χ1v) is 6.72. The minimum atomic E-state index is -0.0788. The van der Waals surface area contributed by atoms with Gasteiger partial charge >= 0.3 is 0 Å². The van der Waals surface area contributed by atoms with Crippen LogP contribution in [0.4, 0.5) is 5.69 Å². The van der Waals surface area contributed by atoms with Gasteiger partial charge in [0.25, 0.3) is 0 Å². The van der Waals surface area contributed by atoms with Gasteiger partial charge in [-0.2, -0.15) is 0 Å². The molecule has 0 aliphatic carbocycles. The van der Waals surface area contributed by atoms with Gasteiger partial charge < -0.3 is 5.32 Å². The second kappa shape index (κ2) is 5.53. The quantitative estimate of drug-likeness (QED) is 0.673. The fourth-order valence-electron chi connectivity index (χ4n) is 2.36. The number of rotatable bonds is 3. The van der Waals surface area contributed by atoms with E-state index in [1.165, 1.54) is 0 Å². The molecular formula is C14H16ClNO2. The molecule has 3 nitrogen and oxygen atoms in total. The van der Waals surface area contributed by atoms with E-state index in [-0.39, 0.29) is 17.6 Å². The van der Waals surface area contributed by atoms with Gasteiger partial charge in [0.05, 0.1) is 5.88 Å². The number of alkyl halides is 1. The van der Waals surface area contributed by atoms with Gasteiger partial charge in [-0.1, -0.05) is 6.92 Å². The standard InChI is InChI=1S/C14H16ClNO2/c1-2-9-4-6-14(18)16-12-5-3-10(7-11(9)12)13(17)8-15/h3,5,7,9H,2,4,6,8H2,1H3,(H,16,18). The average molecular weight is 266 g/mol. The number of anilines is 1. The van der Waals surface area contributed by atoms with Gasteiger partial charge in [-0.3, -0.25) is 9.59 Å². The highest BCUT2D eigenvalue weighted by molar-refractivity contribution is 6.30. The van der Waals surface area contributed by atoms with Crippen molar-refractivity contribution in [2.75, 3.05) is 11.2 Å². The number of nitrogens with one attached hydrogen (secondary N) is 1. The maximum atomic E-state index is 11.6. The van der Waals surface area contributed by atoms with Crippen LogP contribution in [0, 0.1) is 0 Å². The van der Waals surface area contributed by atoms with Crippen molar-refractivity contribution in [3.63, 3.8) is 0 Å². The first-order valence-electron chi connectivity index (χ1n) is 6.18. The summed E-state index contributed by atoms with van der Waals surface area (Å²) in [5, 5.41) is 2.89. The number of benzene rings is 1. The number of amides is 1. The molecule has 0 spiro atoms. The number of hydrogen-bond donors (Lipinski definition) is 1. The largest absolute Gasteiger partial charge is 0.326 e. The molecule has 96 valence electrons. The van der Waals surface area contributed by atoms with Crippen LogP contribution in [0.2, 0.25) is 0 Å². The number of hydrogen-bond acceptors (Lipinski definition) is 2. The highest BCUT2D eigenvalue weighted by atomic mass is 35.5. The first kappa shape index (κ1) is 13.1. The Morgan fingerprint density at radius 2 is 2.28 bits per heavy atom. The summed E-state index contributed by atoms with van der Waals surface area (Å²) >= 11 is 5.58. The SMILES string of the molecule is CCC1CCC(=O)Nc2ccc(C(=O)CCl)cc21. The summed E-state index contributed by atoms with van der Waals surface area (Å²) in [6.07, 6.45) is 2.32. The molecule has 1 unspecified atom stereocenters. The molecule has 0 saturated heterocycles. The van der Waals surface area contributed by atoms with E-state index >= 15 is 0 Å². The lowest BCUT2D eigenvalue weighted by molar-refractivity contribution is -0.116. The van der Waals surface area contributed by atoms with Crippen molar-refractivity contribution in [3.05, 3.63) is 29.3 Å². The summed E-state index contributed by atoms with van der Waals surface area (Å²) in [4.78, 5) is 23.2. The number of ketones is 1. The number of Topliss-reactive ketones (excluding diaryl/α,β-unsaturated/α-hetero) is 1. The molecule has 2 rings (SSSR count). The average Bonchev–Trinajstić information content (AvgIpc) is 2.55. The zero-order valence-corrected chi connectivity index (χ0v) is 11.1. The van der Waals surface area contributed by atoms with E-state index in [1.807, 2.05) is 6.07 Å². The van der Waals surface area contributed by atoms with Crippen LogP contribution < -0.4 is 5.32 Å². The van der Waals surface area contributed by atoms with E-state index in [0.29, 0.717) is 17.9 Å². The van der Waals surface area contributed by atoms with Gasteiger partial charge in [0.15, 0.2) is 5.78 Å². The fourth-order valence-corrected chi connectivity index (χ4v) is 2.52. The van der Waals surface area contributed by atoms with Crippen molar-refractivity contribution in [2.45, 2.75) is 32.1 Å². The van der Waals surface area contributed by atoms with Gasteiger partial charge in [0.1, 0.15) is 0 Å². The summed E-state index contributed by atoms with van der Waals surface area (Å²) in [5.74, 6) is 0.276. The Hall–Kier alpha value is -1.35. The van der Waals surface area contributed by atoms with Gasteiger partial charge in [-0.15, -0.1) is 11.6 Å². The molecule has 1 amide bonds. The Labute approximate surface area is 112 Å². The maximum absolute atomic E-state index is 11.6. The van der Waals surface area contributed by atoms with E-state index in [4.69, 9.17) is 11.6 Å². The van der Waals surface area contributed by atoms with Gasteiger partial charge in [-0.05, 0) is 42.5 Å². The maximum Gasteiger partial charge on any atom is 0.224 e. The molecule has 1 aliphatic rings. The van der Waals surface area contributed by atoms with E-state index in [9.17, 15) is 9.59 Å². The minimum Gasteiger partial charge on any atom is -0.326 e. The lowest BCUT2D eigenvalue weighted by Crippen LogP contribution is -2.09. The highest BCUT2D eigenvalue weighted by Gasteiger charge is 2.21. The smallest absolute Gasteiger partial charge is 0.224 e. The van der Waals surface area contributed by atoms with Crippen molar-refractivity contribution >= 4 is 29.0 Å². The summed E-state index contributed by atoms with van der Waals surface area (Å²) in [5.41, 5.74) is 2.51. The van der Waals surface area contributed by atoms with Crippen molar-refractivity contribution in [1.29, 1.82) is 0 Å². The molecular weight excluding hydrogens is 250 g/mol. The van der Waals surface area contributed by atoms with E-state index in [0.717, 1.165) is 24.1 Å². The van der Waals surface area contributed by atoms with Crippen LogP contribution >= 0.6 is 11.6 Å². The third-order valence-electron chi connectivity index (χ3n) is 3.42. The molecule has 1 N–H and O–H groups in total. The molecule has 0 aromatic heterocycles. The first-order chi connectivity index (χ1) is 8.65. The summed E-state index contributed by atoms with van der Waals surface area (Å²) in [6.45, 7) is 2.10. The van der Waals surface area contributed by atoms with Crippen LogP contribution in [0.5, 0.6) is 0 Å². The Bertz CT molecular complexity index is 485. The lowest BCUT2D eigenvalue weighted by atomic mass is 9.90. The second-order valence-corrected chi connectivity index (χ2v) is 4.82. The minimum absolute atomic E-state index is 0.0120. The van der Waals surface area contributed by atoms with Gasteiger partial charge in [0, 0.05) is 17.7 Å². The Balaban J connectivity index is 2.44. The molecule has 1 atom stereocenters. The van der Waals surface area contributed by atoms with E-state index < -0.39 is 0 Å². The molecule has 0 saturated carbocycles.